The third kappa shape index (κ3) is 2.96. The van der Waals surface area contributed by atoms with Crippen LogP contribution in [0.2, 0.25) is 0 Å². The molecule has 0 fully saturated rings. The highest BCUT2D eigenvalue weighted by molar-refractivity contribution is 5.96. The predicted molar refractivity (Wildman–Crippen MR) is 72.7 cm³/mol. The van der Waals surface area contributed by atoms with Crippen LogP contribution in [-0.2, 0) is 4.79 Å². The van der Waals surface area contributed by atoms with E-state index < -0.39 is 5.97 Å². The molecule has 0 saturated heterocycles. The highest BCUT2D eigenvalue weighted by atomic mass is 16.4. The average molecular weight is 263 g/mol. The van der Waals surface area contributed by atoms with Crippen molar-refractivity contribution in [3.8, 4) is 0 Å². The number of amides is 2. The van der Waals surface area contributed by atoms with Crippen LogP contribution in [0.5, 0.6) is 0 Å². The van der Waals surface area contributed by atoms with Gasteiger partial charge in [-0.3, -0.25) is 9.69 Å². The van der Waals surface area contributed by atoms with E-state index in [-0.39, 0.29) is 19.0 Å². The first-order valence-corrected chi connectivity index (χ1v) is 6.17. The molecule has 19 heavy (non-hydrogen) atoms. The van der Waals surface area contributed by atoms with Crippen LogP contribution in [0.25, 0.3) is 0 Å². The van der Waals surface area contributed by atoms with Gasteiger partial charge in [-0.25, -0.2) is 4.79 Å². The van der Waals surface area contributed by atoms with Gasteiger partial charge in [0.25, 0.3) is 0 Å². The van der Waals surface area contributed by atoms with Crippen molar-refractivity contribution in [2.75, 3.05) is 36.5 Å². The van der Waals surface area contributed by atoms with Crippen LogP contribution in [0.4, 0.5) is 16.2 Å². The number of fused-ring (bicyclic) bond motifs is 1. The number of hydrogen-bond acceptors (Lipinski definition) is 3. The van der Waals surface area contributed by atoms with Gasteiger partial charge in [-0.2, -0.15) is 0 Å². The van der Waals surface area contributed by atoms with E-state index in [1.165, 1.54) is 0 Å². The molecule has 2 N–H and O–H groups in total. The SMILES string of the molecule is CN1CCN(C(=O)NCCC(=O)O)c2ccccc21. The molecule has 1 heterocycles. The van der Waals surface area contributed by atoms with E-state index >= 15 is 0 Å². The number of carbonyl (C=O) groups excluding carboxylic acids is 1. The van der Waals surface area contributed by atoms with Crippen molar-refractivity contribution in [1.29, 1.82) is 0 Å². The van der Waals surface area contributed by atoms with Crippen LogP contribution in [0, 0.1) is 0 Å². The van der Waals surface area contributed by atoms with Crippen molar-refractivity contribution in [2.45, 2.75) is 6.42 Å². The fraction of sp³-hybridized carbons (Fsp3) is 0.385. The number of carboxylic acids is 1. The molecule has 0 radical (unpaired) electrons. The molecule has 2 rings (SSSR count). The number of para-hydroxylation sites is 2. The predicted octanol–water partition coefficient (Wildman–Crippen LogP) is 1.13. The van der Waals surface area contributed by atoms with Gasteiger partial charge >= 0.3 is 12.0 Å². The lowest BCUT2D eigenvalue weighted by Gasteiger charge is -2.35. The van der Waals surface area contributed by atoms with Crippen LogP contribution < -0.4 is 15.1 Å². The standard InChI is InChI=1S/C13H17N3O3/c1-15-8-9-16(11-5-3-2-4-10(11)15)13(19)14-7-6-12(17)18/h2-5H,6-9H2,1H3,(H,14,19)(H,17,18). The van der Waals surface area contributed by atoms with Crippen LogP contribution in [0.3, 0.4) is 0 Å². The van der Waals surface area contributed by atoms with E-state index in [0.717, 1.165) is 17.9 Å². The summed E-state index contributed by atoms with van der Waals surface area (Å²) in [5.74, 6) is -0.918. The molecule has 6 nitrogen and oxygen atoms in total. The summed E-state index contributed by atoms with van der Waals surface area (Å²) in [6, 6.07) is 7.42. The monoisotopic (exact) mass is 263 g/mol. The third-order valence-electron chi connectivity index (χ3n) is 3.10. The third-order valence-corrected chi connectivity index (χ3v) is 3.10. The Morgan fingerprint density at radius 1 is 1.26 bits per heavy atom. The number of rotatable bonds is 3. The number of benzene rings is 1. The maximum Gasteiger partial charge on any atom is 0.322 e. The molecule has 0 atom stereocenters. The second-order valence-electron chi connectivity index (χ2n) is 4.44. The summed E-state index contributed by atoms with van der Waals surface area (Å²) in [5, 5.41) is 11.2. The summed E-state index contributed by atoms with van der Waals surface area (Å²) in [6.45, 7) is 1.48. The number of anilines is 2. The number of hydrogen-bond donors (Lipinski definition) is 2. The summed E-state index contributed by atoms with van der Waals surface area (Å²) < 4.78 is 0. The summed E-state index contributed by atoms with van der Waals surface area (Å²) >= 11 is 0. The van der Waals surface area contributed by atoms with E-state index in [1.807, 2.05) is 31.3 Å². The maximum absolute atomic E-state index is 12.1. The van der Waals surface area contributed by atoms with Gasteiger partial charge in [-0.15, -0.1) is 0 Å². The Morgan fingerprint density at radius 2 is 1.95 bits per heavy atom. The van der Waals surface area contributed by atoms with E-state index in [1.54, 1.807) is 4.90 Å². The number of aliphatic carboxylic acids is 1. The molecule has 1 aliphatic rings. The summed E-state index contributed by atoms with van der Waals surface area (Å²) in [7, 11) is 1.98. The van der Waals surface area contributed by atoms with Crippen molar-refractivity contribution in [2.24, 2.45) is 0 Å². The van der Waals surface area contributed by atoms with Gasteiger partial charge in [0.2, 0.25) is 0 Å². The number of nitrogens with zero attached hydrogens (tertiary/aromatic N) is 2. The van der Waals surface area contributed by atoms with Gasteiger partial charge < -0.3 is 15.3 Å². The molecule has 1 aromatic carbocycles. The number of carbonyl (C=O) groups is 2. The Morgan fingerprint density at radius 3 is 2.63 bits per heavy atom. The molecular formula is C13H17N3O3. The second-order valence-corrected chi connectivity index (χ2v) is 4.44. The van der Waals surface area contributed by atoms with E-state index in [2.05, 4.69) is 10.2 Å². The number of likely N-dealkylation sites (N-methyl/N-ethyl adjacent to an activating group) is 1. The normalized spacial score (nSPS) is 13.9. The molecule has 0 aromatic heterocycles. The summed E-state index contributed by atoms with van der Waals surface area (Å²) in [4.78, 5) is 26.2. The minimum Gasteiger partial charge on any atom is -0.481 e. The number of urea groups is 1. The van der Waals surface area contributed by atoms with Gasteiger partial charge in [-0.1, -0.05) is 12.1 Å². The highest BCUT2D eigenvalue weighted by Crippen LogP contribution is 2.31. The van der Waals surface area contributed by atoms with Crippen molar-refractivity contribution < 1.29 is 14.7 Å². The molecule has 1 aliphatic heterocycles. The smallest absolute Gasteiger partial charge is 0.322 e. The highest BCUT2D eigenvalue weighted by Gasteiger charge is 2.24. The van der Waals surface area contributed by atoms with Crippen molar-refractivity contribution in [3.05, 3.63) is 24.3 Å². The molecule has 0 saturated carbocycles. The Bertz CT molecular complexity index is 490. The van der Waals surface area contributed by atoms with E-state index in [4.69, 9.17) is 5.11 Å². The molecule has 102 valence electrons. The number of nitrogens with one attached hydrogen (secondary N) is 1. The Balaban J connectivity index is 2.07. The first-order chi connectivity index (χ1) is 9.09. The lowest BCUT2D eigenvalue weighted by atomic mass is 10.2. The van der Waals surface area contributed by atoms with Crippen molar-refractivity contribution in [1.82, 2.24) is 5.32 Å². The first-order valence-electron chi connectivity index (χ1n) is 6.17. The van der Waals surface area contributed by atoms with Crippen LogP contribution in [0.1, 0.15) is 6.42 Å². The second kappa shape index (κ2) is 5.60. The zero-order chi connectivity index (χ0) is 13.8. The van der Waals surface area contributed by atoms with Gasteiger partial charge in [0.15, 0.2) is 0 Å². The Hall–Kier alpha value is -2.24. The average Bonchev–Trinajstić information content (AvgIpc) is 2.39. The zero-order valence-corrected chi connectivity index (χ0v) is 10.8. The van der Waals surface area contributed by atoms with Crippen molar-refractivity contribution >= 4 is 23.4 Å². The molecule has 6 heteroatoms. The van der Waals surface area contributed by atoms with Gasteiger partial charge in [0.05, 0.1) is 17.8 Å². The Kier molecular flexibility index (Phi) is 3.89. The molecular weight excluding hydrogens is 246 g/mol. The zero-order valence-electron chi connectivity index (χ0n) is 10.8. The van der Waals surface area contributed by atoms with Gasteiger partial charge in [-0.05, 0) is 12.1 Å². The largest absolute Gasteiger partial charge is 0.481 e. The minimum atomic E-state index is -0.918. The summed E-state index contributed by atoms with van der Waals surface area (Å²) in [6.07, 6.45) is -0.0683. The minimum absolute atomic E-state index is 0.0683. The topological polar surface area (TPSA) is 72.9 Å². The quantitative estimate of drug-likeness (QED) is 0.857. The lowest BCUT2D eigenvalue weighted by molar-refractivity contribution is -0.136. The van der Waals surface area contributed by atoms with Crippen LogP contribution in [0.15, 0.2) is 24.3 Å². The van der Waals surface area contributed by atoms with Crippen LogP contribution >= 0.6 is 0 Å². The molecule has 0 unspecified atom stereocenters. The molecule has 2 amide bonds. The number of carboxylic acid groups (broad SMARTS) is 1. The lowest BCUT2D eigenvalue weighted by Crippen LogP contribution is -2.47. The fourth-order valence-corrected chi connectivity index (χ4v) is 2.09. The first kappa shape index (κ1) is 13.2. The molecule has 0 aliphatic carbocycles. The van der Waals surface area contributed by atoms with Crippen molar-refractivity contribution in [3.63, 3.8) is 0 Å². The van der Waals surface area contributed by atoms with Gasteiger partial charge in [0.1, 0.15) is 0 Å². The van der Waals surface area contributed by atoms with E-state index in [0.29, 0.717) is 6.54 Å². The maximum atomic E-state index is 12.1. The fourth-order valence-electron chi connectivity index (χ4n) is 2.09. The Labute approximate surface area is 111 Å². The van der Waals surface area contributed by atoms with E-state index in [9.17, 15) is 9.59 Å². The molecule has 0 bridgehead atoms. The molecule has 0 spiro atoms. The van der Waals surface area contributed by atoms with Crippen LogP contribution in [-0.4, -0.2) is 43.8 Å². The molecule has 1 aromatic rings. The van der Waals surface area contributed by atoms with Gasteiger partial charge in [0, 0.05) is 26.7 Å². The summed E-state index contributed by atoms with van der Waals surface area (Å²) in [5.41, 5.74) is 1.85.